The number of pyridine rings is 1. The predicted molar refractivity (Wildman–Crippen MR) is 140 cm³/mol. The highest BCUT2D eigenvalue weighted by Crippen LogP contribution is 2.34. The minimum Gasteiger partial charge on any atom is -0.369 e. The Balaban J connectivity index is 1.32. The van der Waals surface area contributed by atoms with Crippen molar-refractivity contribution in [3.63, 3.8) is 0 Å². The summed E-state index contributed by atoms with van der Waals surface area (Å²) in [6.07, 6.45) is 1.46. The molecule has 186 valence electrons. The van der Waals surface area contributed by atoms with Gasteiger partial charge in [-0.25, -0.2) is 4.98 Å². The van der Waals surface area contributed by atoms with E-state index >= 15 is 0 Å². The van der Waals surface area contributed by atoms with Crippen molar-refractivity contribution in [2.75, 3.05) is 11.9 Å². The minimum atomic E-state index is -0.630. The van der Waals surface area contributed by atoms with Crippen LogP contribution in [0.4, 0.5) is 5.82 Å². The SMILES string of the molecule is Cc1cccc2nc(-c3ccc4c(c3)CN(C3CCC(=O)NC3=O)C4=O)c(NCCc3ccccc3)n12. The molecule has 8 nitrogen and oxygen atoms in total. The second kappa shape index (κ2) is 9.20. The van der Waals surface area contributed by atoms with Crippen LogP contribution in [0.15, 0.2) is 66.7 Å². The lowest BCUT2D eigenvalue weighted by Crippen LogP contribution is -2.52. The van der Waals surface area contributed by atoms with Gasteiger partial charge in [0.15, 0.2) is 0 Å². The fourth-order valence-electron chi connectivity index (χ4n) is 5.31. The number of nitrogens with one attached hydrogen (secondary N) is 2. The average molecular weight is 494 g/mol. The number of anilines is 1. The number of fused-ring (bicyclic) bond motifs is 2. The zero-order valence-corrected chi connectivity index (χ0v) is 20.5. The number of hydrogen-bond donors (Lipinski definition) is 2. The Morgan fingerprint density at radius 1 is 1.03 bits per heavy atom. The standard InChI is InChI=1S/C29H27N5O3/c1-18-6-5-9-24-31-26(27(34(18)24)30-15-14-19-7-3-2-4-8-19)20-10-11-22-21(16-20)17-33(29(22)37)23-12-13-25(35)32-28(23)36/h2-11,16,23,30H,12-15,17H2,1H3,(H,32,35,36). The van der Waals surface area contributed by atoms with Gasteiger partial charge in [-0.2, -0.15) is 0 Å². The number of piperidine rings is 1. The number of rotatable bonds is 6. The molecule has 2 aromatic carbocycles. The third-order valence-corrected chi connectivity index (χ3v) is 7.18. The van der Waals surface area contributed by atoms with Crippen LogP contribution in [0.1, 0.15) is 40.0 Å². The highest BCUT2D eigenvalue weighted by Gasteiger charge is 2.39. The fraction of sp³-hybridized carbons (Fsp3) is 0.241. The summed E-state index contributed by atoms with van der Waals surface area (Å²) in [4.78, 5) is 43.6. The Morgan fingerprint density at radius 3 is 2.68 bits per heavy atom. The second-order valence-electron chi connectivity index (χ2n) is 9.60. The molecule has 1 saturated heterocycles. The monoisotopic (exact) mass is 493 g/mol. The van der Waals surface area contributed by atoms with Gasteiger partial charge < -0.3 is 10.2 Å². The van der Waals surface area contributed by atoms with Gasteiger partial charge in [-0.05, 0) is 55.2 Å². The Morgan fingerprint density at radius 2 is 1.86 bits per heavy atom. The van der Waals surface area contributed by atoms with Crippen molar-refractivity contribution >= 4 is 29.2 Å². The molecule has 4 heterocycles. The Labute approximate surface area is 214 Å². The largest absolute Gasteiger partial charge is 0.369 e. The first-order valence-corrected chi connectivity index (χ1v) is 12.5. The molecule has 0 aliphatic carbocycles. The van der Waals surface area contributed by atoms with Crippen molar-refractivity contribution < 1.29 is 14.4 Å². The molecule has 4 aromatic rings. The topological polar surface area (TPSA) is 95.8 Å². The molecule has 2 aliphatic heterocycles. The molecule has 0 radical (unpaired) electrons. The van der Waals surface area contributed by atoms with Crippen LogP contribution in [0.25, 0.3) is 16.9 Å². The molecule has 1 unspecified atom stereocenters. The van der Waals surface area contributed by atoms with E-state index in [9.17, 15) is 14.4 Å². The number of amides is 3. The van der Waals surface area contributed by atoms with E-state index < -0.39 is 11.9 Å². The molecule has 37 heavy (non-hydrogen) atoms. The molecular weight excluding hydrogens is 466 g/mol. The van der Waals surface area contributed by atoms with Gasteiger partial charge >= 0.3 is 0 Å². The maximum Gasteiger partial charge on any atom is 0.255 e. The maximum atomic E-state index is 13.1. The van der Waals surface area contributed by atoms with Gasteiger partial charge in [-0.1, -0.05) is 42.5 Å². The molecule has 2 N–H and O–H groups in total. The van der Waals surface area contributed by atoms with Gasteiger partial charge in [-0.15, -0.1) is 0 Å². The lowest BCUT2D eigenvalue weighted by Gasteiger charge is -2.29. The molecule has 2 aliphatic rings. The normalized spacial score (nSPS) is 17.3. The van der Waals surface area contributed by atoms with Crippen LogP contribution in [0.5, 0.6) is 0 Å². The molecule has 0 bridgehead atoms. The molecular formula is C29H27N5O3. The first-order chi connectivity index (χ1) is 18.0. The van der Waals surface area contributed by atoms with Gasteiger partial charge in [0.25, 0.3) is 5.91 Å². The van der Waals surface area contributed by atoms with Crippen LogP contribution in [-0.4, -0.2) is 44.6 Å². The summed E-state index contributed by atoms with van der Waals surface area (Å²) in [5.74, 6) is 0.0407. The number of imide groups is 1. The van der Waals surface area contributed by atoms with Crippen LogP contribution in [0.3, 0.4) is 0 Å². The van der Waals surface area contributed by atoms with Gasteiger partial charge in [-0.3, -0.25) is 24.1 Å². The van der Waals surface area contributed by atoms with E-state index in [1.807, 2.05) is 48.5 Å². The van der Waals surface area contributed by atoms with Crippen LogP contribution in [0.2, 0.25) is 0 Å². The van der Waals surface area contributed by atoms with E-state index in [2.05, 4.69) is 40.2 Å². The highest BCUT2D eigenvalue weighted by atomic mass is 16.2. The number of benzene rings is 2. The smallest absolute Gasteiger partial charge is 0.255 e. The number of aromatic nitrogens is 2. The summed E-state index contributed by atoms with van der Waals surface area (Å²) in [5, 5.41) is 5.97. The second-order valence-corrected chi connectivity index (χ2v) is 9.60. The van der Waals surface area contributed by atoms with Crippen molar-refractivity contribution in [3.05, 3.63) is 89.1 Å². The average Bonchev–Trinajstić information content (AvgIpc) is 3.43. The number of carbonyl (C=O) groups excluding carboxylic acids is 3. The fourth-order valence-corrected chi connectivity index (χ4v) is 5.31. The Kier molecular flexibility index (Phi) is 5.71. The molecule has 0 spiro atoms. The van der Waals surface area contributed by atoms with Gasteiger partial charge in [0.1, 0.15) is 23.2 Å². The van der Waals surface area contributed by atoms with Crippen molar-refractivity contribution in [3.8, 4) is 11.3 Å². The van der Waals surface area contributed by atoms with Crippen LogP contribution >= 0.6 is 0 Å². The zero-order chi connectivity index (χ0) is 25.5. The number of nitrogens with zero attached hydrogens (tertiary/aromatic N) is 3. The summed E-state index contributed by atoms with van der Waals surface area (Å²) >= 11 is 0. The highest BCUT2D eigenvalue weighted by molar-refractivity contribution is 6.05. The van der Waals surface area contributed by atoms with Gasteiger partial charge in [0, 0.05) is 36.3 Å². The van der Waals surface area contributed by atoms with Gasteiger partial charge in [0.2, 0.25) is 11.8 Å². The third-order valence-electron chi connectivity index (χ3n) is 7.18. The summed E-state index contributed by atoms with van der Waals surface area (Å²) in [6, 6.07) is 21.5. The molecule has 2 aromatic heterocycles. The molecule has 3 amide bonds. The van der Waals surface area contributed by atoms with Crippen LogP contribution in [0, 0.1) is 6.92 Å². The van der Waals surface area contributed by atoms with Crippen molar-refractivity contribution in [2.45, 2.75) is 38.8 Å². The van der Waals surface area contributed by atoms with Crippen LogP contribution < -0.4 is 10.6 Å². The first kappa shape index (κ1) is 23.0. The summed E-state index contributed by atoms with van der Waals surface area (Å²) in [6.45, 7) is 3.13. The van der Waals surface area contributed by atoms with Gasteiger partial charge in [0.05, 0.1) is 0 Å². The number of aryl methyl sites for hydroxylation is 1. The van der Waals surface area contributed by atoms with E-state index in [0.29, 0.717) is 18.5 Å². The quantitative estimate of drug-likeness (QED) is 0.399. The summed E-state index contributed by atoms with van der Waals surface area (Å²) < 4.78 is 2.12. The van der Waals surface area contributed by atoms with Crippen molar-refractivity contribution in [2.24, 2.45) is 0 Å². The van der Waals surface area contributed by atoms with Crippen molar-refractivity contribution in [1.82, 2.24) is 19.6 Å². The number of carbonyl (C=O) groups is 3. The van der Waals surface area contributed by atoms with E-state index in [4.69, 9.17) is 4.98 Å². The number of imidazole rings is 1. The van der Waals surface area contributed by atoms with E-state index in [0.717, 1.165) is 46.9 Å². The lowest BCUT2D eigenvalue weighted by molar-refractivity contribution is -0.136. The minimum absolute atomic E-state index is 0.178. The Hall–Kier alpha value is -4.46. The van der Waals surface area contributed by atoms with E-state index in [1.165, 1.54) is 5.56 Å². The molecule has 1 atom stereocenters. The van der Waals surface area contributed by atoms with Crippen LogP contribution in [-0.2, 0) is 22.6 Å². The lowest BCUT2D eigenvalue weighted by atomic mass is 10.0. The third kappa shape index (κ3) is 4.14. The van der Waals surface area contributed by atoms with E-state index in [-0.39, 0.29) is 18.2 Å². The summed E-state index contributed by atoms with van der Waals surface area (Å²) in [5.41, 5.74) is 6.34. The molecule has 8 heteroatoms. The van der Waals surface area contributed by atoms with E-state index in [1.54, 1.807) is 4.90 Å². The number of hydrogen-bond acceptors (Lipinski definition) is 5. The first-order valence-electron chi connectivity index (χ1n) is 12.5. The maximum absolute atomic E-state index is 13.1. The zero-order valence-electron chi connectivity index (χ0n) is 20.5. The molecule has 6 rings (SSSR count). The predicted octanol–water partition coefficient (Wildman–Crippen LogP) is 3.73. The Bertz CT molecular complexity index is 1540. The van der Waals surface area contributed by atoms with Crippen molar-refractivity contribution in [1.29, 1.82) is 0 Å². The molecule has 0 saturated carbocycles. The summed E-state index contributed by atoms with van der Waals surface area (Å²) in [7, 11) is 0. The molecule has 1 fully saturated rings.